The Morgan fingerprint density at radius 2 is 1.81 bits per heavy atom. The van der Waals surface area contributed by atoms with Gasteiger partial charge < -0.3 is 15.3 Å². The van der Waals surface area contributed by atoms with E-state index in [1.807, 2.05) is 12.1 Å². The van der Waals surface area contributed by atoms with Crippen molar-refractivity contribution < 1.29 is 27.9 Å². The molecule has 2 aliphatic heterocycles. The van der Waals surface area contributed by atoms with Crippen LogP contribution in [0.3, 0.4) is 0 Å². The molecular weight excluding hydrogens is 568 g/mol. The zero-order valence-electron chi connectivity index (χ0n) is 24.4. The van der Waals surface area contributed by atoms with Gasteiger partial charge in [0.25, 0.3) is 5.91 Å². The molecule has 1 aromatic heterocycles. The normalized spacial score (nSPS) is 19.7. The number of rotatable bonds is 8. The van der Waals surface area contributed by atoms with Crippen molar-refractivity contribution in [3.8, 4) is 5.75 Å². The van der Waals surface area contributed by atoms with Crippen LogP contribution in [0.25, 0.3) is 0 Å². The third-order valence-corrected chi connectivity index (χ3v) is 9.82. The zero-order valence-corrected chi connectivity index (χ0v) is 25.3. The first-order valence-electron chi connectivity index (χ1n) is 14.3. The van der Waals surface area contributed by atoms with Crippen LogP contribution in [0.1, 0.15) is 54.4 Å². The standard InChI is InChI=1S/C32H36N4O6S/c1-32(2,3)23-12-10-22(11-13-23)30(39)34-26(18-21-7-6-9-25(37)17-21)31(40)35-16-14-27-29(35)28(38)19-36(27)43(41,42)20-24-8-4-5-15-33-24/h4-13,15,17,26-27,29,37H,14,16,18-20H2,1-3H3,(H,34,39). The van der Waals surface area contributed by atoms with Gasteiger partial charge in [0.15, 0.2) is 5.78 Å². The quantitative estimate of drug-likeness (QED) is 0.404. The van der Waals surface area contributed by atoms with Gasteiger partial charge in [0.05, 0.1) is 18.3 Å². The molecule has 2 aromatic carbocycles. The highest BCUT2D eigenvalue weighted by Gasteiger charge is 2.54. The van der Waals surface area contributed by atoms with E-state index in [9.17, 15) is 27.9 Å². The molecule has 0 radical (unpaired) electrons. The number of hydrogen-bond acceptors (Lipinski definition) is 7. The maximum Gasteiger partial charge on any atom is 0.251 e. The summed E-state index contributed by atoms with van der Waals surface area (Å²) < 4.78 is 27.8. The lowest BCUT2D eigenvalue weighted by molar-refractivity contribution is -0.138. The lowest BCUT2D eigenvalue weighted by Gasteiger charge is -2.28. The number of carbonyl (C=O) groups excluding carboxylic acids is 3. The van der Waals surface area contributed by atoms with Gasteiger partial charge in [-0.05, 0) is 59.4 Å². The number of benzene rings is 2. The molecule has 0 spiro atoms. The van der Waals surface area contributed by atoms with Crippen LogP contribution in [0, 0.1) is 0 Å². The van der Waals surface area contributed by atoms with Crippen LogP contribution < -0.4 is 5.32 Å². The molecule has 2 amide bonds. The molecule has 3 aromatic rings. The maximum atomic E-state index is 14.0. The molecule has 43 heavy (non-hydrogen) atoms. The van der Waals surface area contributed by atoms with E-state index < -0.39 is 40.0 Å². The van der Waals surface area contributed by atoms with Gasteiger partial charge >= 0.3 is 0 Å². The molecule has 226 valence electrons. The number of fused-ring (bicyclic) bond motifs is 1. The van der Waals surface area contributed by atoms with Gasteiger partial charge in [0, 0.05) is 24.7 Å². The summed E-state index contributed by atoms with van der Waals surface area (Å²) in [5.74, 6) is -1.61. The summed E-state index contributed by atoms with van der Waals surface area (Å²) in [6.45, 7) is 6.07. The van der Waals surface area contributed by atoms with Crippen molar-refractivity contribution in [2.75, 3.05) is 13.1 Å². The van der Waals surface area contributed by atoms with Crippen molar-refractivity contribution in [2.24, 2.45) is 0 Å². The van der Waals surface area contributed by atoms with Gasteiger partial charge in [0.2, 0.25) is 15.9 Å². The summed E-state index contributed by atoms with van der Waals surface area (Å²) in [7, 11) is -3.88. The van der Waals surface area contributed by atoms with Crippen LogP contribution in [0.2, 0.25) is 0 Å². The lowest BCUT2D eigenvalue weighted by Crippen LogP contribution is -2.53. The number of carbonyl (C=O) groups is 3. The minimum absolute atomic E-state index is 0.0220. The molecule has 5 rings (SSSR count). The first-order valence-corrected chi connectivity index (χ1v) is 15.9. The molecule has 3 atom stereocenters. The molecule has 3 unspecified atom stereocenters. The number of nitrogens with zero attached hydrogens (tertiary/aromatic N) is 3. The predicted molar refractivity (Wildman–Crippen MR) is 161 cm³/mol. The van der Waals surface area contributed by atoms with Gasteiger partial charge in [0.1, 0.15) is 23.6 Å². The zero-order chi connectivity index (χ0) is 30.9. The molecule has 11 heteroatoms. The SMILES string of the molecule is CC(C)(C)c1ccc(C(=O)NC(Cc2cccc(O)c2)C(=O)N2CCC3C2C(=O)CN3S(=O)(=O)Cc2ccccn2)cc1. The summed E-state index contributed by atoms with van der Waals surface area (Å²) in [6, 6.07) is 15.9. The Balaban J connectivity index is 1.37. The van der Waals surface area contributed by atoms with Gasteiger partial charge in [-0.1, -0.05) is 51.1 Å². The number of hydrogen-bond donors (Lipinski definition) is 2. The van der Waals surface area contributed by atoms with Gasteiger partial charge in [-0.2, -0.15) is 4.31 Å². The Hall–Kier alpha value is -4.09. The third kappa shape index (κ3) is 6.62. The second-order valence-electron chi connectivity index (χ2n) is 12.1. The number of phenols is 1. The molecule has 2 saturated heterocycles. The fraction of sp³-hybridized carbons (Fsp3) is 0.375. The largest absolute Gasteiger partial charge is 0.508 e. The van der Waals surface area contributed by atoms with Crippen LogP contribution in [-0.4, -0.2) is 76.5 Å². The van der Waals surface area contributed by atoms with E-state index in [2.05, 4.69) is 31.1 Å². The minimum atomic E-state index is -3.88. The second kappa shape index (κ2) is 11.9. The molecule has 0 saturated carbocycles. The second-order valence-corrected chi connectivity index (χ2v) is 14.1. The summed E-state index contributed by atoms with van der Waals surface area (Å²) >= 11 is 0. The highest BCUT2D eigenvalue weighted by Crippen LogP contribution is 2.33. The van der Waals surface area contributed by atoms with Crippen molar-refractivity contribution in [1.82, 2.24) is 19.5 Å². The minimum Gasteiger partial charge on any atom is -0.508 e. The average molecular weight is 605 g/mol. The van der Waals surface area contributed by atoms with E-state index in [-0.39, 0.29) is 42.2 Å². The first kappa shape index (κ1) is 30.4. The number of ketones is 1. The number of sulfonamides is 1. The van der Waals surface area contributed by atoms with Crippen molar-refractivity contribution >= 4 is 27.6 Å². The maximum absolute atomic E-state index is 14.0. The van der Waals surface area contributed by atoms with E-state index in [0.717, 1.165) is 5.56 Å². The van der Waals surface area contributed by atoms with Crippen molar-refractivity contribution in [3.05, 3.63) is 95.3 Å². The number of phenolic OH excluding ortho intramolecular Hbond substituents is 1. The monoisotopic (exact) mass is 604 g/mol. The molecule has 2 aliphatic rings. The van der Waals surface area contributed by atoms with Crippen LogP contribution in [0.4, 0.5) is 0 Å². The summed E-state index contributed by atoms with van der Waals surface area (Å²) in [5, 5.41) is 12.8. The fourth-order valence-corrected chi connectivity index (χ4v) is 7.49. The number of Topliss-reactive ketones (excluding diaryl/α,β-unsaturated/α-hetero) is 1. The number of aromatic hydroxyl groups is 1. The molecule has 3 heterocycles. The predicted octanol–water partition coefficient (Wildman–Crippen LogP) is 2.81. The molecule has 2 N–H and O–H groups in total. The van der Waals surface area contributed by atoms with Crippen molar-refractivity contribution in [2.45, 2.75) is 62.9 Å². The molecule has 0 bridgehead atoms. The highest BCUT2D eigenvalue weighted by molar-refractivity contribution is 7.88. The van der Waals surface area contributed by atoms with Crippen LogP contribution in [0.5, 0.6) is 5.75 Å². The number of aromatic nitrogens is 1. The van der Waals surface area contributed by atoms with Gasteiger partial charge in [-0.25, -0.2) is 8.42 Å². The molecule has 2 fully saturated rings. The van der Waals surface area contributed by atoms with Gasteiger partial charge in [-0.15, -0.1) is 0 Å². The Labute approximate surface area is 251 Å². The van der Waals surface area contributed by atoms with Crippen LogP contribution in [0.15, 0.2) is 72.9 Å². The smallest absolute Gasteiger partial charge is 0.251 e. The summed E-state index contributed by atoms with van der Waals surface area (Å²) in [4.78, 5) is 46.1. The van der Waals surface area contributed by atoms with Crippen molar-refractivity contribution in [3.63, 3.8) is 0 Å². The van der Waals surface area contributed by atoms with E-state index in [4.69, 9.17) is 0 Å². The lowest BCUT2D eigenvalue weighted by atomic mass is 9.86. The third-order valence-electron chi connectivity index (χ3n) is 8.04. The Bertz CT molecular complexity index is 1620. The summed E-state index contributed by atoms with van der Waals surface area (Å²) in [6.07, 6.45) is 1.88. The van der Waals surface area contributed by atoms with Crippen molar-refractivity contribution in [1.29, 1.82) is 0 Å². The summed E-state index contributed by atoms with van der Waals surface area (Å²) in [5.41, 5.74) is 2.33. The Morgan fingerprint density at radius 3 is 2.47 bits per heavy atom. The molecular formula is C32H36N4O6S. The molecule has 10 nitrogen and oxygen atoms in total. The number of amides is 2. The van der Waals surface area contributed by atoms with E-state index >= 15 is 0 Å². The number of pyridine rings is 1. The topological polar surface area (TPSA) is 137 Å². The number of nitrogens with one attached hydrogen (secondary N) is 1. The average Bonchev–Trinajstić information content (AvgIpc) is 3.54. The molecule has 0 aliphatic carbocycles. The fourth-order valence-electron chi connectivity index (χ4n) is 5.82. The highest BCUT2D eigenvalue weighted by atomic mass is 32.2. The first-order chi connectivity index (χ1) is 20.3. The van der Waals surface area contributed by atoms with E-state index in [1.165, 1.54) is 27.5 Å². The van der Waals surface area contributed by atoms with E-state index in [0.29, 0.717) is 23.2 Å². The van der Waals surface area contributed by atoms with E-state index in [1.54, 1.807) is 42.5 Å². The van der Waals surface area contributed by atoms with Crippen LogP contribution >= 0.6 is 0 Å². The Kier molecular flexibility index (Phi) is 8.40. The van der Waals surface area contributed by atoms with Crippen LogP contribution in [-0.2, 0) is 37.2 Å². The number of likely N-dealkylation sites (tertiary alicyclic amines) is 1. The Morgan fingerprint density at radius 1 is 1.07 bits per heavy atom. The van der Waals surface area contributed by atoms with Gasteiger partial charge in [-0.3, -0.25) is 19.4 Å².